The summed E-state index contributed by atoms with van der Waals surface area (Å²) in [7, 11) is 0. The lowest BCUT2D eigenvalue weighted by Crippen LogP contribution is -2.65. The van der Waals surface area contributed by atoms with Gasteiger partial charge in [0.1, 0.15) is 0 Å². The molecule has 20 heavy (non-hydrogen) atoms. The van der Waals surface area contributed by atoms with Gasteiger partial charge in [-0.2, -0.15) is 0 Å². The van der Waals surface area contributed by atoms with Gasteiger partial charge >= 0.3 is 0 Å². The van der Waals surface area contributed by atoms with Crippen molar-refractivity contribution in [2.45, 2.75) is 26.4 Å². The predicted molar refractivity (Wildman–Crippen MR) is 80.7 cm³/mol. The number of carbonyl (C=O) groups is 1. The third kappa shape index (κ3) is 3.02. The lowest BCUT2D eigenvalue weighted by molar-refractivity contribution is -0.140. The number of carbonyl (C=O) groups excluding carboxylic acids is 1. The summed E-state index contributed by atoms with van der Waals surface area (Å²) >= 11 is 0. The Labute approximate surface area is 121 Å². The van der Waals surface area contributed by atoms with Crippen LogP contribution in [0.2, 0.25) is 0 Å². The third-order valence-electron chi connectivity index (χ3n) is 4.11. The van der Waals surface area contributed by atoms with Crippen molar-refractivity contribution in [2.75, 3.05) is 31.1 Å². The minimum Gasteiger partial charge on any atom is -0.387 e. The molecule has 0 spiro atoms. The molecule has 1 saturated heterocycles. The summed E-state index contributed by atoms with van der Waals surface area (Å²) in [5, 5.41) is 10.2. The fraction of sp³-hybridized carbons (Fsp3) is 0.562. The van der Waals surface area contributed by atoms with Crippen LogP contribution in [0.25, 0.3) is 0 Å². The summed E-state index contributed by atoms with van der Waals surface area (Å²) in [4.78, 5) is 16.2. The van der Waals surface area contributed by atoms with Gasteiger partial charge in [0, 0.05) is 25.3 Å². The Morgan fingerprint density at radius 3 is 2.45 bits per heavy atom. The Morgan fingerprint density at radius 1 is 1.35 bits per heavy atom. The van der Waals surface area contributed by atoms with Gasteiger partial charge in [-0.15, -0.1) is 0 Å². The second-order valence-electron chi connectivity index (χ2n) is 5.88. The molecule has 110 valence electrons. The van der Waals surface area contributed by atoms with E-state index in [2.05, 4.69) is 0 Å². The quantitative estimate of drug-likeness (QED) is 0.891. The van der Waals surface area contributed by atoms with Crippen molar-refractivity contribution >= 4 is 11.6 Å². The van der Waals surface area contributed by atoms with Crippen LogP contribution in [-0.2, 0) is 4.79 Å². The van der Waals surface area contributed by atoms with Crippen LogP contribution in [-0.4, -0.2) is 47.7 Å². The molecule has 0 radical (unpaired) electrons. The van der Waals surface area contributed by atoms with Crippen molar-refractivity contribution in [3.8, 4) is 0 Å². The molecule has 0 aromatic heterocycles. The molecule has 0 aliphatic carbocycles. The zero-order chi connectivity index (χ0) is 14.8. The summed E-state index contributed by atoms with van der Waals surface area (Å²) in [6.45, 7) is 8.21. The van der Waals surface area contributed by atoms with Crippen LogP contribution >= 0.6 is 0 Å². The lowest BCUT2D eigenvalue weighted by atomic mass is 9.83. The summed E-state index contributed by atoms with van der Waals surface area (Å²) in [5.74, 6) is 0.315. The number of amides is 1. The van der Waals surface area contributed by atoms with Gasteiger partial charge in [0.05, 0.1) is 12.1 Å². The first-order valence-corrected chi connectivity index (χ1v) is 7.26. The number of nitrogens with zero attached hydrogens (tertiary/aromatic N) is 2. The first-order valence-electron chi connectivity index (χ1n) is 7.26. The van der Waals surface area contributed by atoms with Crippen LogP contribution in [0, 0.1) is 5.92 Å². The average molecular weight is 276 g/mol. The van der Waals surface area contributed by atoms with Crippen LogP contribution in [0.4, 0.5) is 5.69 Å². The number of likely N-dealkylation sites (N-methyl/N-ethyl adjacent to an activating group) is 1. The molecule has 1 fully saturated rings. The van der Waals surface area contributed by atoms with Gasteiger partial charge in [-0.1, -0.05) is 32.0 Å². The minimum atomic E-state index is -0.621. The molecule has 1 aliphatic rings. The van der Waals surface area contributed by atoms with E-state index in [1.165, 1.54) is 0 Å². The zero-order valence-electron chi connectivity index (χ0n) is 12.5. The van der Waals surface area contributed by atoms with Gasteiger partial charge in [-0.3, -0.25) is 9.69 Å². The molecule has 1 heterocycles. The molecule has 1 amide bonds. The third-order valence-corrected chi connectivity index (χ3v) is 4.11. The van der Waals surface area contributed by atoms with Crippen molar-refractivity contribution in [2.24, 2.45) is 5.92 Å². The second-order valence-corrected chi connectivity index (χ2v) is 5.88. The SMILES string of the molecule is CCN(C(=O)CN1CC(O)(C(C)C)C1)c1ccccc1. The highest BCUT2D eigenvalue weighted by Gasteiger charge is 2.44. The number of aliphatic hydroxyl groups is 1. The average Bonchev–Trinajstić information content (AvgIpc) is 2.38. The Balaban J connectivity index is 1.92. The molecule has 4 nitrogen and oxygen atoms in total. The Hall–Kier alpha value is -1.39. The van der Waals surface area contributed by atoms with E-state index in [4.69, 9.17) is 0 Å². The molecule has 1 N–H and O–H groups in total. The van der Waals surface area contributed by atoms with Crippen LogP contribution in [0.3, 0.4) is 0 Å². The number of para-hydroxylation sites is 1. The monoisotopic (exact) mass is 276 g/mol. The number of hydrogen-bond donors (Lipinski definition) is 1. The summed E-state index contributed by atoms with van der Waals surface area (Å²) in [6, 6.07) is 9.71. The van der Waals surface area contributed by atoms with Crippen molar-refractivity contribution in [3.05, 3.63) is 30.3 Å². The van der Waals surface area contributed by atoms with Crippen LogP contribution in [0.15, 0.2) is 30.3 Å². The number of anilines is 1. The molecular formula is C16H24N2O2. The first-order chi connectivity index (χ1) is 9.46. The lowest BCUT2D eigenvalue weighted by Gasteiger charge is -2.49. The van der Waals surface area contributed by atoms with E-state index >= 15 is 0 Å². The molecule has 1 aliphatic heterocycles. The maximum absolute atomic E-state index is 12.4. The van der Waals surface area contributed by atoms with Crippen molar-refractivity contribution in [1.29, 1.82) is 0 Å². The fourth-order valence-electron chi connectivity index (χ4n) is 2.59. The number of hydrogen-bond acceptors (Lipinski definition) is 3. The molecule has 1 aromatic rings. The number of β-amino-alcohol motifs (C(OH)–C–C–N with tert-alkyl or cyclic N) is 1. The fourth-order valence-corrected chi connectivity index (χ4v) is 2.59. The van der Waals surface area contributed by atoms with E-state index in [-0.39, 0.29) is 11.8 Å². The van der Waals surface area contributed by atoms with Crippen molar-refractivity contribution < 1.29 is 9.90 Å². The van der Waals surface area contributed by atoms with Crippen molar-refractivity contribution in [3.63, 3.8) is 0 Å². The van der Waals surface area contributed by atoms with E-state index in [9.17, 15) is 9.90 Å². The van der Waals surface area contributed by atoms with E-state index < -0.39 is 5.60 Å². The maximum Gasteiger partial charge on any atom is 0.241 e. The molecule has 1 aromatic carbocycles. The normalized spacial score (nSPS) is 17.9. The Bertz CT molecular complexity index is 453. The van der Waals surface area contributed by atoms with E-state index in [1.54, 1.807) is 4.90 Å². The van der Waals surface area contributed by atoms with Gasteiger partial charge in [0.2, 0.25) is 5.91 Å². The Morgan fingerprint density at radius 2 is 1.95 bits per heavy atom. The first kappa shape index (κ1) is 15.0. The zero-order valence-corrected chi connectivity index (χ0v) is 12.5. The topological polar surface area (TPSA) is 43.8 Å². The highest BCUT2D eigenvalue weighted by atomic mass is 16.3. The van der Waals surface area contributed by atoms with E-state index in [0.717, 1.165) is 5.69 Å². The highest BCUT2D eigenvalue weighted by molar-refractivity contribution is 5.94. The van der Waals surface area contributed by atoms with E-state index in [1.807, 2.05) is 56.0 Å². The molecule has 0 unspecified atom stereocenters. The second kappa shape index (κ2) is 5.94. The predicted octanol–water partition coefficient (Wildman–Crippen LogP) is 1.74. The van der Waals surface area contributed by atoms with Gasteiger partial charge < -0.3 is 10.0 Å². The number of benzene rings is 1. The Kier molecular flexibility index (Phi) is 4.45. The van der Waals surface area contributed by atoms with Crippen LogP contribution < -0.4 is 4.90 Å². The standard InChI is InChI=1S/C16H24N2O2/c1-4-18(14-8-6-5-7-9-14)15(19)10-17-11-16(20,12-17)13(2)3/h5-9,13,20H,4,10-12H2,1-3H3. The largest absolute Gasteiger partial charge is 0.387 e. The highest BCUT2D eigenvalue weighted by Crippen LogP contribution is 2.28. The summed E-state index contributed by atoms with van der Waals surface area (Å²) in [6.07, 6.45) is 0. The van der Waals surface area contributed by atoms with Crippen LogP contribution in [0.1, 0.15) is 20.8 Å². The smallest absolute Gasteiger partial charge is 0.241 e. The van der Waals surface area contributed by atoms with Gasteiger partial charge in [-0.25, -0.2) is 0 Å². The molecule has 0 atom stereocenters. The van der Waals surface area contributed by atoms with Crippen LogP contribution in [0.5, 0.6) is 0 Å². The van der Waals surface area contributed by atoms with Gasteiger partial charge in [0.15, 0.2) is 0 Å². The number of likely N-dealkylation sites (tertiary alicyclic amines) is 1. The van der Waals surface area contributed by atoms with Gasteiger partial charge in [-0.05, 0) is 25.0 Å². The van der Waals surface area contributed by atoms with E-state index in [0.29, 0.717) is 26.2 Å². The number of rotatable bonds is 5. The maximum atomic E-state index is 12.4. The van der Waals surface area contributed by atoms with Crippen molar-refractivity contribution in [1.82, 2.24) is 4.90 Å². The van der Waals surface area contributed by atoms with Gasteiger partial charge in [0.25, 0.3) is 0 Å². The molecule has 4 heteroatoms. The summed E-state index contributed by atoms with van der Waals surface area (Å²) < 4.78 is 0. The molecule has 0 saturated carbocycles. The molecule has 2 rings (SSSR count). The molecular weight excluding hydrogens is 252 g/mol. The molecule has 0 bridgehead atoms. The minimum absolute atomic E-state index is 0.0875. The summed E-state index contributed by atoms with van der Waals surface area (Å²) in [5.41, 5.74) is 0.309.